The third kappa shape index (κ3) is 3.22. The molecule has 0 radical (unpaired) electrons. The van der Waals surface area contributed by atoms with E-state index < -0.39 is 0 Å². The minimum Gasteiger partial charge on any atom is -0.325 e. The number of aromatic nitrogens is 2. The van der Waals surface area contributed by atoms with Gasteiger partial charge in [-0.1, -0.05) is 6.42 Å². The van der Waals surface area contributed by atoms with Crippen molar-refractivity contribution in [3.63, 3.8) is 0 Å². The molecule has 2 unspecified atom stereocenters. The van der Waals surface area contributed by atoms with Crippen LogP contribution in [0.1, 0.15) is 37.4 Å². The highest BCUT2D eigenvalue weighted by molar-refractivity contribution is 14.1. The molecule has 0 N–H and O–H groups in total. The molecular weight excluding hydrogens is 397 g/mol. The van der Waals surface area contributed by atoms with Gasteiger partial charge in [0.2, 0.25) is 0 Å². The first-order valence-electron chi connectivity index (χ1n) is 7.56. The van der Waals surface area contributed by atoms with Crippen molar-refractivity contribution in [1.29, 1.82) is 0 Å². The summed E-state index contributed by atoms with van der Waals surface area (Å²) in [4.78, 5) is 7.25. The summed E-state index contributed by atoms with van der Waals surface area (Å²) in [5.41, 5.74) is 2.26. The Kier molecular flexibility index (Phi) is 4.76. The molecule has 0 saturated carbocycles. The van der Waals surface area contributed by atoms with Crippen molar-refractivity contribution in [3.05, 3.63) is 27.6 Å². The summed E-state index contributed by atoms with van der Waals surface area (Å²) in [5, 5.41) is -0.0658. The van der Waals surface area contributed by atoms with Crippen LogP contribution in [0, 0.1) is 3.57 Å². The van der Waals surface area contributed by atoms with E-state index in [0.29, 0.717) is 6.04 Å². The fourth-order valence-electron chi connectivity index (χ4n) is 3.20. The van der Waals surface area contributed by atoms with E-state index in [0.717, 1.165) is 17.9 Å². The van der Waals surface area contributed by atoms with Gasteiger partial charge < -0.3 is 9.47 Å². The van der Waals surface area contributed by atoms with Crippen LogP contribution in [0.3, 0.4) is 0 Å². The van der Waals surface area contributed by atoms with Gasteiger partial charge >= 0.3 is 0 Å². The van der Waals surface area contributed by atoms with Crippen molar-refractivity contribution in [1.82, 2.24) is 14.5 Å². The molecule has 5 heteroatoms. The van der Waals surface area contributed by atoms with Gasteiger partial charge in [0.15, 0.2) is 0 Å². The number of likely N-dealkylation sites (N-methyl/N-ethyl adjacent to an activating group) is 1. The number of hydrogen-bond acceptors (Lipinski definition) is 2. The second-order valence-corrected chi connectivity index (χ2v) is 7.86. The normalized spacial score (nSPS) is 21.8. The Morgan fingerprint density at radius 1 is 1.43 bits per heavy atom. The van der Waals surface area contributed by atoms with Crippen LogP contribution in [0.25, 0.3) is 11.0 Å². The number of imidazole rings is 1. The number of piperidine rings is 1. The maximum atomic E-state index is 6.37. The van der Waals surface area contributed by atoms with E-state index in [1.165, 1.54) is 34.9 Å². The standard InChI is InChI=1S/C16H21ClIN3/c1-11(17)16-19-14-9-12(18)6-7-15(14)21(16)10-13-5-3-4-8-20(13)2/h6-7,9,11,13H,3-5,8,10H2,1-2H3. The number of likely N-dealkylation sites (tertiary alicyclic amines) is 1. The molecule has 0 amide bonds. The summed E-state index contributed by atoms with van der Waals surface area (Å²) < 4.78 is 3.54. The van der Waals surface area contributed by atoms with Crippen molar-refractivity contribution in [2.75, 3.05) is 13.6 Å². The van der Waals surface area contributed by atoms with Gasteiger partial charge in [0.25, 0.3) is 0 Å². The molecule has 114 valence electrons. The fourth-order valence-corrected chi connectivity index (χ4v) is 3.84. The minimum atomic E-state index is -0.0658. The molecular formula is C16H21ClIN3. The van der Waals surface area contributed by atoms with E-state index in [4.69, 9.17) is 16.6 Å². The second kappa shape index (κ2) is 6.42. The van der Waals surface area contributed by atoms with Gasteiger partial charge in [-0.3, -0.25) is 0 Å². The number of hydrogen-bond donors (Lipinski definition) is 0. The van der Waals surface area contributed by atoms with E-state index in [2.05, 4.69) is 57.3 Å². The van der Waals surface area contributed by atoms with E-state index in [-0.39, 0.29) is 5.38 Å². The maximum Gasteiger partial charge on any atom is 0.127 e. The summed E-state index contributed by atoms with van der Waals surface area (Å²) in [6, 6.07) is 7.05. The van der Waals surface area contributed by atoms with Crippen LogP contribution in [0.2, 0.25) is 0 Å². The first-order chi connectivity index (χ1) is 10.1. The molecule has 3 nitrogen and oxygen atoms in total. The Labute approximate surface area is 144 Å². The van der Waals surface area contributed by atoms with Crippen molar-refractivity contribution < 1.29 is 0 Å². The number of halogens is 2. The molecule has 2 aromatic rings. The van der Waals surface area contributed by atoms with E-state index in [9.17, 15) is 0 Å². The molecule has 2 heterocycles. The average Bonchev–Trinajstić information content (AvgIpc) is 2.79. The first kappa shape index (κ1) is 15.6. The zero-order chi connectivity index (χ0) is 15.0. The van der Waals surface area contributed by atoms with Gasteiger partial charge in [0.05, 0.1) is 16.4 Å². The SMILES string of the molecule is CC(Cl)c1nc2cc(I)ccc2n1CC1CCCCN1C. The molecule has 0 aliphatic carbocycles. The van der Waals surface area contributed by atoms with Crippen molar-refractivity contribution >= 4 is 45.2 Å². The van der Waals surface area contributed by atoms with Crippen LogP contribution >= 0.6 is 34.2 Å². The minimum absolute atomic E-state index is 0.0658. The van der Waals surface area contributed by atoms with Crippen LogP contribution in [-0.2, 0) is 6.54 Å². The largest absolute Gasteiger partial charge is 0.325 e. The predicted molar refractivity (Wildman–Crippen MR) is 97.0 cm³/mol. The number of rotatable bonds is 3. The van der Waals surface area contributed by atoms with E-state index in [1.54, 1.807) is 0 Å². The lowest BCUT2D eigenvalue weighted by atomic mass is 10.0. The third-order valence-corrected chi connectivity index (χ3v) is 5.28. The van der Waals surface area contributed by atoms with Gasteiger partial charge in [0.1, 0.15) is 5.82 Å². The predicted octanol–water partition coefficient (Wildman–Crippen LogP) is 4.43. The lowest BCUT2D eigenvalue weighted by Gasteiger charge is -2.33. The average molecular weight is 418 g/mol. The molecule has 0 bridgehead atoms. The molecule has 1 aromatic heterocycles. The number of benzene rings is 1. The summed E-state index contributed by atoms with van der Waals surface area (Å²) in [7, 11) is 2.23. The summed E-state index contributed by atoms with van der Waals surface area (Å²) in [6.07, 6.45) is 3.90. The smallest absolute Gasteiger partial charge is 0.127 e. The van der Waals surface area contributed by atoms with Gasteiger partial charge in [-0.05, 0) is 74.1 Å². The van der Waals surface area contributed by atoms with Gasteiger partial charge in [-0.15, -0.1) is 11.6 Å². The molecule has 1 aromatic carbocycles. The molecule has 2 atom stereocenters. The number of fused-ring (bicyclic) bond motifs is 1. The highest BCUT2D eigenvalue weighted by atomic mass is 127. The Balaban J connectivity index is 2.00. The van der Waals surface area contributed by atoms with Gasteiger partial charge in [-0.25, -0.2) is 4.98 Å². The van der Waals surface area contributed by atoms with E-state index >= 15 is 0 Å². The highest BCUT2D eigenvalue weighted by Gasteiger charge is 2.23. The quantitative estimate of drug-likeness (QED) is 0.544. The van der Waals surface area contributed by atoms with Crippen molar-refractivity contribution in [2.24, 2.45) is 0 Å². The molecule has 1 fully saturated rings. The molecule has 1 saturated heterocycles. The molecule has 1 aliphatic heterocycles. The maximum absolute atomic E-state index is 6.37. The first-order valence-corrected chi connectivity index (χ1v) is 9.08. The Morgan fingerprint density at radius 2 is 2.24 bits per heavy atom. The number of alkyl halides is 1. The highest BCUT2D eigenvalue weighted by Crippen LogP contribution is 2.27. The van der Waals surface area contributed by atoms with Crippen LogP contribution in [0.4, 0.5) is 0 Å². The molecule has 1 aliphatic rings. The third-order valence-electron chi connectivity index (χ3n) is 4.41. The lowest BCUT2D eigenvalue weighted by molar-refractivity contribution is 0.167. The monoisotopic (exact) mass is 417 g/mol. The van der Waals surface area contributed by atoms with Crippen LogP contribution < -0.4 is 0 Å². The second-order valence-electron chi connectivity index (χ2n) is 5.96. The lowest BCUT2D eigenvalue weighted by Crippen LogP contribution is -2.39. The van der Waals surface area contributed by atoms with E-state index in [1.807, 2.05) is 6.92 Å². The Hall–Kier alpha value is -0.330. The zero-order valence-corrected chi connectivity index (χ0v) is 15.4. The Morgan fingerprint density at radius 3 is 2.95 bits per heavy atom. The molecule has 0 spiro atoms. The van der Waals surface area contributed by atoms with Gasteiger partial charge in [0, 0.05) is 16.2 Å². The zero-order valence-electron chi connectivity index (χ0n) is 12.5. The van der Waals surface area contributed by atoms with Crippen LogP contribution in [0.5, 0.6) is 0 Å². The van der Waals surface area contributed by atoms with Gasteiger partial charge in [-0.2, -0.15) is 0 Å². The van der Waals surface area contributed by atoms with Crippen LogP contribution in [-0.4, -0.2) is 34.1 Å². The van der Waals surface area contributed by atoms with Crippen LogP contribution in [0.15, 0.2) is 18.2 Å². The van der Waals surface area contributed by atoms with Crippen molar-refractivity contribution in [2.45, 2.75) is 44.1 Å². The summed E-state index contributed by atoms with van der Waals surface area (Å²) in [5.74, 6) is 0.993. The summed E-state index contributed by atoms with van der Waals surface area (Å²) >= 11 is 8.71. The van der Waals surface area contributed by atoms with Crippen molar-refractivity contribution in [3.8, 4) is 0 Å². The Bertz CT molecular complexity index is 638. The topological polar surface area (TPSA) is 21.1 Å². The fraction of sp³-hybridized carbons (Fsp3) is 0.562. The molecule has 21 heavy (non-hydrogen) atoms. The number of nitrogens with zero attached hydrogens (tertiary/aromatic N) is 3. The summed E-state index contributed by atoms with van der Waals surface area (Å²) in [6.45, 7) is 4.19. The molecule has 3 rings (SSSR count).